The van der Waals surface area contributed by atoms with Gasteiger partial charge < -0.3 is 9.64 Å². The second-order valence-electron chi connectivity index (χ2n) is 6.36. The quantitative estimate of drug-likeness (QED) is 0.690. The first kappa shape index (κ1) is 17.1. The Morgan fingerprint density at radius 3 is 2.81 bits per heavy atom. The van der Waals surface area contributed by atoms with Crippen molar-refractivity contribution in [2.45, 2.75) is 25.9 Å². The van der Waals surface area contributed by atoms with Crippen LogP contribution in [0, 0.1) is 6.92 Å². The lowest BCUT2D eigenvalue weighted by Crippen LogP contribution is -2.41. The minimum Gasteiger partial charge on any atom is -0.474 e. The van der Waals surface area contributed by atoms with E-state index >= 15 is 0 Å². The summed E-state index contributed by atoms with van der Waals surface area (Å²) >= 11 is 0. The Hall–Kier alpha value is -3.36. The number of hydrogen-bond acceptors (Lipinski definition) is 7. The number of likely N-dealkylation sites (tertiary alicyclic amines) is 1. The molecule has 9 heteroatoms. The molecule has 9 nitrogen and oxygen atoms in total. The largest absolute Gasteiger partial charge is 0.474 e. The first-order valence-corrected chi connectivity index (χ1v) is 8.78. The van der Waals surface area contributed by atoms with Gasteiger partial charge >= 0.3 is 0 Å². The highest BCUT2D eigenvalue weighted by Crippen LogP contribution is 2.19. The summed E-state index contributed by atoms with van der Waals surface area (Å²) in [6.07, 6.45) is 4.77. The maximum Gasteiger partial charge on any atom is 0.253 e. The lowest BCUT2D eigenvalue weighted by atomic mass is 10.1. The molecule has 0 unspecified atom stereocenters. The molecule has 4 rings (SSSR count). The van der Waals surface area contributed by atoms with Crippen molar-refractivity contribution < 1.29 is 9.53 Å². The number of amides is 1. The molecule has 0 radical (unpaired) electrons. The van der Waals surface area contributed by atoms with E-state index in [1.807, 2.05) is 30.0 Å². The van der Waals surface area contributed by atoms with Crippen molar-refractivity contribution in [2.75, 3.05) is 13.1 Å². The zero-order valence-corrected chi connectivity index (χ0v) is 14.9. The first-order valence-electron chi connectivity index (χ1n) is 8.78. The summed E-state index contributed by atoms with van der Waals surface area (Å²) in [4.78, 5) is 23.0. The highest BCUT2D eigenvalue weighted by molar-refractivity contribution is 5.94. The van der Waals surface area contributed by atoms with E-state index in [4.69, 9.17) is 4.74 Å². The molecule has 0 aliphatic carbocycles. The first-order chi connectivity index (χ1) is 13.2. The highest BCUT2D eigenvalue weighted by Gasteiger charge is 2.25. The minimum absolute atomic E-state index is 0.00116. The van der Waals surface area contributed by atoms with Crippen LogP contribution in [-0.4, -0.2) is 60.2 Å². The fourth-order valence-corrected chi connectivity index (χ4v) is 3.09. The van der Waals surface area contributed by atoms with Gasteiger partial charge in [-0.3, -0.25) is 4.79 Å². The molecular formula is C18H19N7O2. The summed E-state index contributed by atoms with van der Waals surface area (Å²) in [6.45, 7) is 3.11. The van der Waals surface area contributed by atoms with E-state index in [2.05, 4.69) is 25.5 Å². The molecule has 27 heavy (non-hydrogen) atoms. The van der Waals surface area contributed by atoms with Crippen LogP contribution in [0.5, 0.6) is 5.88 Å². The van der Waals surface area contributed by atoms with Crippen molar-refractivity contribution in [2.24, 2.45) is 0 Å². The van der Waals surface area contributed by atoms with Crippen molar-refractivity contribution in [1.29, 1.82) is 0 Å². The molecule has 1 aliphatic rings. The van der Waals surface area contributed by atoms with Crippen LogP contribution in [-0.2, 0) is 0 Å². The fraction of sp³-hybridized carbons (Fsp3) is 0.333. The summed E-state index contributed by atoms with van der Waals surface area (Å²) in [7, 11) is 0. The van der Waals surface area contributed by atoms with Crippen molar-refractivity contribution in [3.8, 4) is 11.6 Å². The Bertz CT molecular complexity index is 921. The number of rotatable bonds is 4. The molecule has 0 saturated carbocycles. The summed E-state index contributed by atoms with van der Waals surface area (Å²) in [6, 6.07) is 9.05. The van der Waals surface area contributed by atoms with Crippen LogP contribution in [0.15, 0.2) is 42.9 Å². The molecule has 1 aromatic carbocycles. The fourth-order valence-electron chi connectivity index (χ4n) is 3.09. The average molecular weight is 365 g/mol. The Morgan fingerprint density at radius 2 is 2.07 bits per heavy atom. The number of hydrogen-bond donors (Lipinski definition) is 0. The molecule has 1 fully saturated rings. The third-order valence-electron chi connectivity index (χ3n) is 4.47. The molecule has 1 aliphatic heterocycles. The van der Waals surface area contributed by atoms with E-state index in [0.717, 1.165) is 18.5 Å². The number of piperidine rings is 1. The second-order valence-corrected chi connectivity index (χ2v) is 6.36. The van der Waals surface area contributed by atoms with Gasteiger partial charge in [0.1, 0.15) is 18.3 Å². The van der Waals surface area contributed by atoms with E-state index in [-0.39, 0.29) is 12.0 Å². The molecular weight excluding hydrogens is 346 g/mol. The smallest absolute Gasteiger partial charge is 0.253 e. The summed E-state index contributed by atoms with van der Waals surface area (Å²) < 4.78 is 7.45. The monoisotopic (exact) mass is 365 g/mol. The molecule has 3 heterocycles. The lowest BCUT2D eigenvalue weighted by Gasteiger charge is -2.32. The van der Waals surface area contributed by atoms with Crippen molar-refractivity contribution in [3.05, 3.63) is 54.2 Å². The van der Waals surface area contributed by atoms with Gasteiger partial charge in [-0.2, -0.15) is 4.98 Å². The molecule has 1 amide bonds. The third-order valence-corrected chi connectivity index (χ3v) is 4.47. The van der Waals surface area contributed by atoms with Crippen LogP contribution < -0.4 is 4.74 Å². The van der Waals surface area contributed by atoms with Gasteiger partial charge in [0.05, 0.1) is 5.69 Å². The van der Waals surface area contributed by atoms with Crippen LogP contribution in [0.4, 0.5) is 0 Å². The number of aromatic nitrogens is 6. The molecule has 0 atom stereocenters. The number of carbonyl (C=O) groups excluding carboxylic acids is 1. The van der Waals surface area contributed by atoms with Gasteiger partial charge in [-0.25, -0.2) is 9.67 Å². The summed E-state index contributed by atoms with van der Waals surface area (Å²) in [5.41, 5.74) is 1.37. The molecule has 0 bridgehead atoms. The second kappa shape index (κ2) is 7.48. The van der Waals surface area contributed by atoms with Crippen LogP contribution in [0.2, 0.25) is 0 Å². The Labute approximate surface area is 156 Å². The maximum absolute atomic E-state index is 12.8. The molecule has 1 saturated heterocycles. The highest BCUT2D eigenvalue weighted by atomic mass is 16.5. The van der Waals surface area contributed by atoms with Gasteiger partial charge in [0.2, 0.25) is 5.88 Å². The number of aryl methyl sites for hydroxylation is 1. The molecule has 0 spiro atoms. The number of ether oxygens (including phenoxy) is 1. The standard InChI is InChI=1S/C18H19N7O2/c1-13-19-8-5-17(21-13)27-16-6-9-24(10-7-16)18(26)14-3-2-4-15(11-14)25-12-20-22-23-25/h2-5,8,11-12,16H,6-7,9-10H2,1H3. The van der Waals surface area contributed by atoms with Gasteiger partial charge in [0.25, 0.3) is 5.91 Å². The van der Waals surface area contributed by atoms with Crippen LogP contribution in [0.1, 0.15) is 29.0 Å². The molecule has 3 aromatic rings. The Morgan fingerprint density at radius 1 is 1.22 bits per heavy atom. The van der Waals surface area contributed by atoms with Crippen molar-refractivity contribution >= 4 is 5.91 Å². The van der Waals surface area contributed by atoms with E-state index in [0.29, 0.717) is 30.4 Å². The number of nitrogens with zero attached hydrogens (tertiary/aromatic N) is 7. The summed E-state index contributed by atoms with van der Waals surface area (Å²) in [5.74, 6) is 1.27. The number of carbonyl (C=O) groups is 1. The van der Waals surface area contributed by atoms with E-state index < -0.39 is 0 Å². The van der Waals surface area contributed by atoms with Crippen molar-refractivity contribution in [3.63, 3.8) is 0 Å². The van der Waals surface area contributed by atoms with Crippen LogP contribution in [0.3, 0.4) is 0 Å². The van der Waals surface area contributed by atoms with Gasteiger partial charge in [0, 0.05) is 43.8 Å². The third kappa shape index (κ3) is 3.91. The molecule has 138 valence electrons. The zero-order valence-electron chi connectivity index (χ0n) is 14.9. The van der Waals surface area contributed by atoms with E-state index in [1.54, 1.807) is 18.3 Å². The summed E-state index contributed by atoms with van der Waals surface area (Å²) in [5, 5.41) is 11.1. The van der Waals surface area contributed by atoms with Crippen LogP contribution >= 0.6 is 0 Å². The normalized spacial score (nSPS) is 14.9. The Kier molecular flexibility index (Phi) is 4.73. The minimum atomic E-state index is 0.00116. The van der Waals surface area contributed by atoms with E-state index in [9.17, 15) is 4.79 Å². The lowest BCUT2D eigenvalue weighted by molar-refractivity contribution is 0.0587. The topological polar surface area (TPSA) is 98.9 Å². The van der Waals surface area contributed by atoms with Crippen LogP contribution in [0.25, 0.3) is 5.69 Å². The van der Waals surface area contributed by atoms with Gasteiger partial charge in [-0.15, -0.1) is 5.10 Å². The molecule has 0 N–H and O–H groups in total. The van der Waals surface area contributed by atoms with Gasteiger partial charge in [-0.05, 0) is 35.5 Å². The average Bonchev–Trinajstić information content (AvgIpc) is 3.23. The Balaban J connectivity index is 1.38. The SMILES string of the molecule is Cc1nccc(OC2CCN(C(=O)c3cccc(-n4cnnn4)c3)CC2)n1. The number of benzene rings is 1. The van der Waals surface area contributed by atoms with Crippen molar-refractivity contribution in [1.82, 2.24) is 35.1 Å². The maximum atomic E-state index is 12.8. The van der Waals surface area contributed by atoms with Gasteiger partial charge in [0.15, 0.2) is 0 Å². The predicted molar refractivity (Wildman–Crippen MR) is 95.5 cm³/mol. The number of tetrazole rings is 1. The molecule has 2 aromatic heterocycles. The van der Waals surface area contributed by atoms with Gasteiger partial charge in [-0.1, -0.05) is 6.07 Å². The predicted octanol–water partition coefficient (Wildman–Crippen LogP) is 1.44. The zero-order chi connectivity index (χ0) is 18.6. The van der Waals surface area contributed by atoms with E-state index in [1.165, 1.54) is 11.0 Å².